The van der Waals surface area contributed by atoms with Gasteiger partial charge in [-0.2, -0.15) is 18.3 Å². The zero-order chi connectivity index (χ0) is 22.0. The molecule has 2 aromatic heterocycles. The Morgan fingerprint density at radius 2 is 1.94 bits per heavy atom. The third-order valence-electron chi connectivity index (χ3n) is 4.32. The number of urea groups is 1. The van der Waals surface area contributed by atoms with Crippen LogP contribution in [-0.4, -0.2) is 26.2 Å². The van der Waals surface area contributed by atoms with Crippen molar-refractivity contribution in [1.29, 1.82) is 0 Å². The molecule has 0 saturated carbocycles. The number of alkyl halides is 3. The lowest BCUT2D eigenvalue weighted by Crippen LogP contribution is -2.20. The van der Waals surface area contributed by atoms with Crippen molar-refractivity contribution in [3.63, 3.8) is 0 Å². The first-order valence-corrected chi connectivity index (χ1v) is 8.97. The highest BCUT2D eigenvalue weighted by atomic mass is 19.4. The number of carbonyl (C=O) groups excluding carboxylic acids is 1. The average molecular weight is 428 g/mol. The molecule has 0 spiro atoms. The normalized spacial score (nSPS) is 11.4. The Morgan fingerprint density at radius 1 is 1.10 bits per heavy atom. The molecule has 0 aliphatic carbocycles. The maximum atomic E-state index is 12.8. The average Bonchev–Trinajstić information content (AvgIpc) is 3.19. The van der Waals surface area contributed by atoms with Crippen LogP contribution in [0.5, 0.6) is 11.6 Å². The molecule has 2 aromatic carbocycles. The van der Waals surface area contributed by atoms with Gasteiger partial charge in [-0.15, -0.1) is 0 Å². The SMILES string of the molecule is Cc1cc(Oc2ncnc3[nH]ncc23)ccc1NC(=O)Nc1cccc(C(F)(F)F)c1. The van der Waals surface area contributed by atoms with Crippen molar-refractivity contribution in [1.82, 2.24) is 20.2 Å². The monoisotopic (exact) mass is 428 g/mol. The van der Waals surface area contributed by atoms with Crippen LogP contribution in [0.1, 0.15) is 11.1 Å². The number of anilines is 2. The van der Waals surface area contributed by atoms with Crippen LogP contribution in [0.25, 0.3) is 11.0 Å². The van der Waals surface area contributed by atoms with Gasteiger partial charge < -0.3 is 15.4 Å². The predicted molar refractivity (Wildman–Crippen MR) is 107 cm³/mol. The van der Waals surface area contributed by atoms with Crippen LogP contribution in [0.4, 0.5) is 29.3 Å². The van der Waals surface area contributed by atoms with Crippen LogP contribution in [-0.2, 0) is 6.18 Å². The second-order valence-electron chi connectivity index (χ2n) is 6.55. The van der Waals surface area contributed by atoms with Crippen LogP contribution in [0.2, 0.25) is 0 Å². The summed E-state index contributed by atoms with van der Waals surface area (Å²) in [6.07, 6.45) is -1.60. The Hall–Kier alpha value is -4.15. The number of amides is 2. The Morgan fingerprint density at radius 3 is 2.71 bits per heavy atom. The number of aromatic nitrogens is 4. The molecule has 0 aliphatic rings. The van der Waals surface area contributed by atoms with Crippen molar-refractivity contribution >= 4 is 28.4 Å². The summed E-state index contributed by atoms with van der Waals surface area (Å²) in [5.74, 6) is 0.795. The number of carbonyl (C=O) groups is 1. The molecule has 31 heavy (non-hydrogen) atoms. The first-order valence-electron chi connectivity index (χ1n) is 8.97. The largest absolute Gasteiger partial charge is 0.438 e. The van der Waals surface area contributed by atoms with Gasteiger partial charge in [0.1, 0.15) is 17.5 Å². The third-order valence-corrected chi connectivity index (χ3v) is 4.32. The summed E-state index contributed by atoms with van der Waals surface area (Å²) >= 11 is 0. The quantitative estimate of drug-likeness (QED) is 0.419. The highest BCUT2D eigenvalue weighted by Crippen LogP contribution is 2.31. The van der Waals surface area contributed by atoms with Crippen molar-refractivity contribution in [2.24, 2.45) is 0 Å². The van der Waals surface area contributed by atoms with Gasteiger partial charge in [0.25, 0.3) is 0 Å². The molecule has 11 heteroatoms. The molecule has 8 nitrogen and oxygen atoms in total. The molecule has 0 fully saturated rings. The van der Waals surface area contributed by atoms with E-state index >= 15 is 0 Å². The summed E-state index contributed by atoms with van der Waals surface area (Å²) in [6.45, 7) is 1.75. The highest BCUT2D eigenvalue weighted by Gasteiger charge is 2.30. The first-order chi connectivity index (χ1) is 14.8. The van der Waals surface area contributed by atoms with Crippen LogP contribution < -0.4 is 15.4 Å². The number of ether oxygens (including phenoxy) is 1. The number of fused-ring (bicyclic) bond motifs is 1. The summed E-state index contributed by atoms with van der Waals surface area (Å²) in [6, 6.07) is 8.64. The summed E-state index contributed by atoms with van der Waals surface area (Å²) in [4.78, 5) is 20.4. The molecule has 0 saturated heterocycles. The third kappa shape index (κ3) is 4.55. The molecule has 0 radical (unpaired) electrons. The number of hydrogen-bond acceptors (Lipinski definition) is 5. The second kappa shape index (κ2) is 7.94. The minimum absolute atomic E-state index is 0.0258. The van der Waals surface area contributed by atoms with Crippen molar-refractivity contribution in [3.8, 4) is 11.6 Å². The fourth-order valence-corrected chi connectivity index (χ4v) is 2.83. The number of benzene rings is 2. The minimum Gasteiger partial charge on any atom is -0.438 e. The number of H-pyrrole nitrogens is 1. The Labute approximate surface area is 173 Å². The standard InChI is InChI=1S/C20H15F3N6O2/c1-11-7-14(31-18-15-9-26-29-17(15)24-10-25-18)5-6-16(11)28-19(30)27-13-4-2-3-12(8-13)20(21,22)23/h2-10H,1H3,(H2,27,28,30)(H,24,25,26,29). The van der Waals surface area contributed by atoms with E-state index in [2.05, 4.69) is 30.8 Å². The lowest BCUT2D eigenvalue weighted by Gasteiger charge is -2.13. The van der Waals surface area contributed by atoms with Gasteiger partial charge in [0.2, 0.25) is 5.88 Å². The molecule has 4 aromatic rings. The molecule has 3 N–H and O–H groups in total. The molecule has 0 aliphatic heterocycles. The number of aryl methyl sites for hydroxylation is 1. The fourth-order valence-electron chi connectivity index (χ4n) is 2.83. The van der Waals surface area contributed by atoms with Gasteiger partial charge in [-0.05, 0) is 48.9 Å². The number of rotatable bonds is 4. The molecule has 0 atom stereocenters. The number of nitrogens with one attached hydrogen (secondary N) is 3. The maximum Gasteiger partial charge on any atom is 0.416 e. The molecule has 4 rings (SSSR count). The van der Waals surface area contributed by atoms with Crippen LogP contribution in [0.15, 0.2) is 55.0 Å². The van der Waals surface area contributed by atoms with E-state index in [9.17, 15) is 18.0 Å². The van der Waals surface area contributed by atoms with Crippen LogP contribution in [0, 0.1) is 6.92 Å². The lowest BCUT2D eigenvalue weighted by atomic mass is 10.2. The molecular weight excluding hydrogens is 413 g/mol. The molecule has 0 unspecified atom stereocenters. The van der Waals surface area contributed by atoms with Gasteiger partial charge in [-0.1, -0.05) is 6.07 Å². The van der Waals surface area contributed by atoms with Crippen LogP contribution >= 0.6 is 0 Å². The number of aromatic amines is 1. The van der Waals surface area contributed by atoms with Gasteiger partial charge in [-0.3, -0.25) is 5.10 Å². The van der Waals surface area contributed by atoms with E-state index in [1.165, 1.54) is 18.5 Å². The van der Waals surface area contributed by atoms with Gasteiger partial charge in [0.15, 0.2) is 5.65 Å². The van der Waals surface area contributed by atoms with E-state index in [0.717, 1.165) is 12.1 Å². The van der Waals surface area contributed by atoms with Crippen molar-refractivity contribution in [2.75, 3.05) is 10.6 Å². The van der Waals surface area contributed by atoms with E-state index in [1.54, 1.807) is 31.3 Å². The predicted octanol–water partition coefficient (Wildman–Crippen LogP) is 5.12. The summed E-state index contributed by atoms with van der Waals surface area (Å²) in [7, 11) is 0. The molecule has 2 heterocycles. The molecular formula is C20H15F3N6O2. The number of halogens is 3. The summed E-state index contributed by atoms with van der Waals surface area (Å²) in [5, 5.41) is 12.2. The molecule has 158 valence electrons. The van der Waals surface area contributed by atoms with Gasteiger partial charge in [0, 0.05) is 11.4 Å². The van der Waals surface area contributed by atoms with Gasteiger partial charge in [0.05, 0.1) is 11.8 Å². The smallest absolute Gasteiger partial charge is 0.416 e. The lowest BCUT2D eigenvalue weighted by molar-refractivity contribution is -0.137. The van der Waals surface area contributed by atoms with Crippen molar-refractivity contribution in [3.05, 3.63) is 66.1 Å². The minimum atomic E-state index is -4.49. The zero-order valence-corrected chi connectivity index (χ0v) is 16.0. The van der Waals surface area contributed by atoms with Crippen molar-refractivity contribution in [2.45, 2.75) is 13.1 Å². The van der Waals surface area contributed by atoms with Crippen molar-refractivity contribution < 1.29 is 22.7 Å². The highest BCUT2D eigenvalue weighted by molar-refractivity contribution is 6.00. The number of nitrogens with zero attached hydrogens (tertiary/aromatic N) is 3. The Kier molecular flexibility index (Phi) is 5.15. The molecule has 0 bridgehead atoms. The van der Waals surface area contributed by atoms with E-state index < -0.39 is 17.8 Å². The van der Waals surface area contributed by atoms with E-state index in [-0.39, 0.29) is 5.69 Å². The van der Waals surface area contributed by atoms with Gasteiger partial charge >= 0.3 is 12.2 Å². The Bertz CT molecular complexity index is 1260. The van der Waals surface area contributed by atoms with Gasteiger partial charge in [-0.25, -0.2) is 14.8 Å². The second-order valence-corrected chi connectivity index (χ2v) is 6.55. The number of hydrogen-bond donors (Lipinski definition) is 3. The Balaban J connectivity index is 1.45. The zero-order valence-electron chi connectivity index (χ0n) is 16.0. The first kappa shape index (κ1) is 20.1. The fraction of sp³-hybridized carbons (Fsp3) is 0.100. The topological polar surface area (TPSA) is 105 Å². The maximum absolute atomic E-state index is 12.8. The van der Waals surface area contributed by atoms with E-state index in [4.69, 9.17) is 4.74 Å². The summed E-state index contributed by atoms with van der Waals surface area (Å²) < 4.78 is 44.2. The summed E-state index contributed by atoms with van der Waals surface area (Å²) in [5.41, 5.74) is 0.852. The van der Waals surface area contributed by atoms with E-state index in [1.807, 2.05) is 0 Å². The molecule has 2 amide bonds. The van der Waals surface area contributed by atoms with Crippen LogP contribution in [0.3, 0.4) is 0 Å². The van der Waals surface area contributed by atoms with E-state index in [0.29, 0.717) is 33.9 Å².